The van der Waals surface area contributed by atoms with Crippen molar-refractivity contribution in [3.05, 3.63) is 52.8 Å². The zero-order valence-electron chi connectivity index (χ0n) is 12.0. The molecule has 3 nitrogen and oxygen atoms in total. The quantitative estimate of drug-likeness (QED) is 0.928. The van der Waals surface area contributed by atoms with Gasteiger partial charge in [0.05, 0.1) is 5.02 Å². The van der Waals surface area contributed by atoms with Gasteiger partial charge in [0.15, 0.2) is 0 Å². The van der Waals surface area contributed by atoms with Crippen molar-refractivity contribution in [3.8, 4) is 0 Å². The van der Waals surface area contributed by atoms with E-state index in [1.807, 2.05) is 12.4 Å². The topological polar surface area (TPSA) is 29.9 Å². The van der Waals surface area contributed by atoms with E-state index in [2.05, 4.69) is 21.8 Å². The highest BCUT2D eigenvalue weighted by atomic mass is 35.5. The van der Waals surface area contributed by atoms with E-state index in [1.54, 1.807) is 12.1 Å². The maximum absolute atomic E-state index is 13.2. The highest BCUT2D eigenvalue weighted by molar-refractivity contribution is 6.30. The monoisotopic (exact) mass is 307 g/mol. The molecule has 1 N–H and O–H groups in total. The molecule has 0 aliphatic carbocycles. The predicted octanol–water partition coefficient (Wildman–Crippen LogP) is 3.90. The van der Waals surface area contributed by atoms with Crippen LogP contribution in [0.1, 0.15) is 43.1 Å². The van der Waals surface area contributed by atoms with Crippen LogP contribution in [0.25, 0.3) is 0 Å². The summed E-state index contributed by atoms with van der Waals surface area (Å²) in [4.78, 5) is 4.47. The van der Waals surface area contributed by atoms with Crippen LogP contribution < -0.4 is 5.32 Å². The van der Waals surface area contributed by atoms with E-state index in [1.165, 1.54) is 12.5 Å². The van der Waals surface area contributed by atoms with E-state index < -0.39 is 0 Å². The summed E-state index contributed by atoms with van der Waals surface area (Å²) in [6.07, 6.45) is 6.26. The number of fused-ring (bicyclic) bond motifs is 1. The summed E-state index contributed by atoms with van der Waals surface area (Å²) >= 11 is 5.84. The molecule has 2 heterocycles. The molecule has 1 aliphatic rings. The Bertz CT molecular complexity index is 626. The lowest BCUT2D eigenvalue weighted by molar-refractivity contribution is 0.408. The predicted molar refractivity (Wildman–Crippen MR) is 82.0 cm³/mol. The summed E-state index contributed by atoms with van der Waals surface area (Å²) in [5.74, 6) is 1.23. The number of aryl methyl sites for hydroxylation is 1. The number of hydrogen-bond donors (Lipinski definition) is 1. The van der Waals surface area contributed by atoms with E-state index >= 15 is 0 Å². The highest BCUT2D eigenvalue weighted by Gasteiger charge is 2.21. The van der Waals surface area contributed by atoms with Gasteiger partial charge in [-0.1, -0.05) is 17.7 Å². The number of hydrogen-bond acceptors (Lipinski definition) is 2. The average molecular weight is 308 g/mol. The van der Waals surface area contributed by atoms with Gasteiger partial charge in [-0.2, -0.15) is 0 Å². The van der Waals surface area contributed by atoms with Crippen LogP contribution >= 0.6 is 11.6 Å². The fraction of sp³-hybridized carbons (Fsp3) is 0.438. The molecular weight excluding hydrogens is 289 g/mol. The van der Waals surface area contributed by atoms with Gasteiger partial charge in [-0.25, -0.2) is 9.37 Å². The molecule has 2 atom stereocenters. The second-order valence-corrected chi connectivity index (χ2v) is 6.03. The first kappa shape index (κ1) is 14.5. The largest absolute Gasteiger partial charge is 0.335 e. The Morgan fingerprint density at radius 3 is 3.19 bits per heavy atom. The van der Waals surface area contributed by atoms with Crippen LogP contribution in [-0.4, -0.2) is 16.1 Å². The van der Waals surface area contributed by atoms with Crippen LogP contribution in [-0.2, 0) is 6.54 Å². The van der Waals surface area contributed by atoms with Crippen molar-refractivity contribution in [1.82, 2.24) is 14.9 Å². The normalized spacial score (nSPS) is 19.3. The maximum atomic E-state index is 13.2. The second kappa shape index (κ2) is 6.16. The number of nitrogens with one attached hydrogen (secondary N) is 1. The lowest BCUT2D eigenvalue weighted by Gasteiger charge is -2.25. The molecule has 1 aromatic carbocycles. The maximum Gasteiger partial charge on any atom is 0.141 e. The van der Waals surface area contributed by atoms with Crippen molar-refractivity contribution in [1.29, 1.82) is 0 Å². The minimum Gasteiger partial charge on any atom is -0.335 e. The SMILES string of the molecule is C[C@@H](NC[C@H]1CCCn2ccnc21)c1ccc(F)c(Cl)c1. The molecule has 1 aromatic heterocycles. The summed E-state index contributed by atoms with van der Waals surface area (Å²) in [5.41, 5.74) is 1.00. The van der Waals surface area contributed by atoms with Crippen molar-refractivity contribution in [3.63, 3.8) is 0 Å². The molecule has 0 bridgehead atoms. The number of aromatic nitrogens is 2. The van der Waals surface area contributed by atoms with Gasteiger partial charge in [0.2, 0.25) is 0 Å². The Labute approximate surface area is 129 Å². The summed E-state index contributed by atoms with van der Waals surface area (Å²) in [7, 11) is 0. The highest BCUT2D eigenvalue weighted by Crippen LogP contribution is 2.26. The van der Waals surface area contributed by atoms with Crippen molar-refractivity contribution in [2.24, 2.45) is 0 Å². The lowest BCUT2D eigenvalue weighted by Crippen LogP contribution is -2.28. The Balaban J connectivity index is 1.64. The van der Waals surface area contributed by atoms with Gasteiger partial charge in [-0.3, -0.25) is 0 Å². The van der Waals surface area contributed by atoms with E-state index in [-0.39, 0.29) is 16.9 Å². The molecule has 112 valence electrons. The van der Waals surface area contributed by atoms with E-state index in [4.69, 9.17) is 11.6 Å². The summed E-state index contributed by atoms with van der Waals surface area (Å²) < 4.78 is 15.4. The van der Waals surface area contributed by atoms with Gasteiger partial charge < -0.3 is 9.88 Å². The molecule has 0 spiro atoms. The third-order valence-corrected chi connectivity index (χ3v) is 4.47. The number of benzene rings is 1. The second-order valence-electron chi connectivity index (χ2n) is 5.62. The van der Waals surface area contributed by atoms with Crippen LogP contribution in [0.15, 0.2) is 30.6 Å². The number of nitrogens with zero attached hydrogens (tertiary/aromatic N) is 2. The average Bonchev–Trinajstić information content (AvgIpc) is 2.96. The molecular formula is C16H19ClFN3. The van der Waals surface area contributed by atoms with Crippen LogP contribution in [0, 0.1) is 5.82 Å². The first-order valence-corrected chi connectivity index (χ1v) is 7.72. The number of rotatable bonds is 4. The third-order valence-electron chi connectivity index (χ3n) is 4.18. The van der Waals surface area contributed by atoms with Crippen LogP contribution in [0.3, 0.4) is 0 Å². The van der Waals surface area contributed by atoms with Gasteiger partial charge in [-0.05, 0) is 37.5 Å². The standard InChI is InChI=1S/C16H19ClFN3/c1-11(12-4-5-15(18)14(17)9-12)20-10-13-3-2-7-21-8-6-19-16(13)21/h4-6,8-9,11,13,20H,2-3,7,10H2,1H3/t11-,13-/m1/s1. The van der Waals surface area contributed by atoms with Gasteiger partial charge in [0.1, 0.15) is 11.6 Å². The molecule has 5 heteroatoms. The summed E-state index contributed by atoms with van der Waals surface area (Å²) in [6.45, 7) is 4.00. The number of halogens is 2. The molecule has 0 unspecified atom stereocenters. The lowest BCUT2D eigenvalue weighted by atomic mass is 9.98. The molecule has 1 aliphatic heterocycles. The fourth-order valence-corrected chi connectivity index (χ4v) is 3.11. The minimum absolute atomic E-state index is 0.133. The molecule has 0 fully saturated rings. The van der Waals surface area contributed by atoms with Crippen molar-refractivity contribution < 1.29 is 4.39 Å². The molecule has 0 amide bonds. The van der Waals surface area contributed by atoms with Crippen LogP contribution in [0.4, 0.5) is 4.39 Å². The first-order valence-electron chi connectivity index (χ1n) is 7.34. The molecule has 0 saturated heterocycles. The fourth-order valence-electron chi connectivity index (χ4n) is 2.92. The van der Waals surface area contributed by atoms with Crippen molar-refractivity contribution in [2.45, 2.75) is 38.3 Å². The molecule has 21 heavy (non-hydrogen) atoms. The van der Waals surface area contributed by atoms with Crippen LogP contribution in [0.5, 0.6) is 0 Å². The van der Waals surface area contributed by atoms with Crippen molar-refractivity contribution in [2.75, 3.05) is 6.54 Å². The molecule has 2 aromatic rings. The Kier molecular flexibility index (Phi) is 4.27. The van der Waals surface area contributed by atoms with E-state index in [0.29, 0.717) is 5.92 Å². The Morgan fingerprint density at radius 2 is 2.38 bits per heavy atom. The molecule has 3 rings (SSSR count). The first-order chi connectivity index (χ1) is 10.1. The summed E-state index contributed by atoms with van der Waals surface area (Å²) in [5, 5.41) is 3.69. The number of imidazole rings is 1. The Hall–Kier alpha value is -1.39. The molecule has 0 saturated carbocycles. The minimum atomic E-state index is -0.373. The van der Waals surface area contributed by atoms with Crippen molar-refractivity contribution >= 4 is 11.6 Å². The van der Waals surface area contributed by atoms with E-state index in [0.717, 1.165) is 30.9 Å². The zero-order valence-corrected chi connectivity index (χ0v) is 12.8. The van der Waals surface area contributed by atoms with E-state index in [9.17, 15) is 4.39 Å². The third kappa shape index (κ3) is 3.11. The van der Waals surface area contributed by atoms with Gasteiger partial charge >= 0.3 is 0 Å². The van der Waals surface area contributed by atoms with Gasteiger partial charge in [-0.15, -0.1) is 0 Å². The van der Waals surface area contributed by atoms with Gasteiger partial charge in [0.25, 0.3) is 0 Å². The zero-order chi connectivity index (χ0) is 14.8. The Morgan fingerprint density at radius 1 is 1.52 bits per heavy atom. The van der Waals surface area contributed by atoms with Gasteiger partial charge in [0, 0.05) is 37.4 Å². The molecule has 0 radical (unpaired) electrons. The summed E-state index contributed by atoms with van der Waals surface area (Å²) in [6, 6.07) is 5.02. The smallest absolute Gasteiger partial charge is 0.141 e. The van der Waals surface area contributed by atoms with Crippen LogP contribution in [0.2, 0.25) is 5.02 Å².